The number of nitrogens with zero attached hydrogens (tertiary/aromatic N) is 1. The van der Waals surface area contributed by atoms with Gasteiger partial charge in [-0.2, -0.15) is 0 Å². The monoisotopic (exact) mass is 408 g/mol. The topological polar surface area (TPSA) is 67.9 Å². The van der Waals surface area contributed by atoms with Gasteiger partial charge in [-0.1, -0.05) is 38.1 Å². The maximum atomic E-state index is 12.4. The second kappa shape index (κ2) is 10.1. The molecule has 1 amide bonds. The highest BCUT2D eigenvalue weighted by Crippen LogP contribution is 2.26. The highest BCUT2D eigenvalue weighted by molar-refractivity contribution is 6.03. The third kappa shape index (κ3) is 5.48. The second-order valence-electron chi connectivity index (χ2n) is 7.47. The quantitative estimate of drug-likeness (QED) is 0.576. The molecule has 2 aromatic rings. The van der Waals surface area contributed by atoms with Gasteiger partial charge >= 0.3 is 5.97 Å². The lowest BCUT2D eigenvalue weighted by Gasteiger charge is -2.30. The molecule has 0 unspecified atom stereocenters. The average molecular weight is 408 g/mol. The molecule has 1 fully saturated rings. The molecule has 30 heavy (non-hydrogen) atoms. The van der Waals surface area contributed by atoms with Crippen LogP contribution in [0.2, 0.25) is 0 Å². The number of carbonyl (C=O) groups is 2. The van der Waals surface area contributed by atoms with E-state index in [0.717, 1.165) is 11.3 Å². The Morgan fingerprint density at radius 3 is 2.43 bits per heavy atom. The first-order valence-corrected chi connectivity index (χ1v) is 10.1. The van der Waals surface area contributed by atoms with Crippen LogP contribution in [0.4, 0.5) is 11.4 Å². The molecule has 3 rings (SSSR count). The highest BCUT2D eigenvalue weighted by Gasteiger charge is 2.20. The van der Waals surface area contributed by atoms with Crippen molar-refractivity contribution in [2.24, 2.45) is 0 Å². The molecule has 1 aliphatic heterocycles. The summed E-state index contributed by atoms with van der Waals surface area (Å²) in [7, 11) is 1.35. The van der Waals surface area contributed by atoms with Crippen LogP contribution in [0.5, 0.6) is 0 Å². The Morgan fingerprint density at radius 1 is 1.10 bits per heavy atom. The Hall–Kier alpha value is -3.12. The van der Waals surface area contributed by atoms with Crippen LogP contribution in [0.1, 0.15) is 41.3 Å². The number of anilines is 2. The van der Waals surface area contributed by atoms with Crippen LogP contribution in [0.3, 0.4) is 0 Å². The van der Waals surface area contributed by atoms with Crippen molar-refractivity contribution in [3.05, 3.63) is 65.2 Å². The van der Waals surface area contributed by atoms with Crippen molar-refractivity contribution in [2.45, 2.75) is 19.8 Å². The molecule has 158 valence electrons. The Balaban J connectivity index is 1.72. The zero-order valence-corrected chi connectivity index (χ0v) is 17.7. The van der Waals surface area contributed by atoms with Crippen molar-refractivity contribution >= 4 is 29.3 Å². The number of ether oxygens (including phenoxy) is 2. The van der Waals surface area contributed by atoms with Crippen LogP contribution in [-0.4, -0.2) is 45.3 Å². The number of benzene rings is 2. The van der Waals surface area contributed by atoms with Crippen molar-refractivity contribution in [3.8, 4) is 0 Å². The summed E-state index contributed by atoms with van der Waals surface area (Å²) < 4.78 is 10.3. The van der Waals surface area contributed by atoms with Gasteiger partial charge in [-0.3, -0.25) is 4.79 Å². The zero-order chi connectivity index (χ0) is 21.5. The van der Waals surface area contributed by atoms with Crippen molar-refractivity contribution in [2.75, 3.05) is 43.6 Å². The Labute approximate surface area is 177 Å². The lowest BCUT2D eigenvalue weighted by Crippen LogP contribution is -2.37. The van der Waals surface area contributed by atoms with E-state index in [1.807, 2.05) is 18.2 Å². The summed E-state index contributed by atoms with van der Waals surface area (Å²) in [5, 5.41) is 2.81. The van der Waals surface area contributed by atoms with Gasteiger partial charge in [0.25, 0.3) is 0 Å². The standard InChI is InChI=1S/C24H28N2O4/c1-17(2)19-7-4-18(5-8-19)6-11-23(27)25-20-9-10-22(21(16-20)24(28)29-3)26-12-14-30-15-13-26/h4-11,16-17H,12-15H2,1-3H3,(H,25,27). The van der Waals surface area contributed by atoms with Crippen molar-refractivity contribution < 1.29 is 19.1 Å². The highest BCUT2D eigenvalue weighted by atomic mass is 16.5. The first-order valence-electron chi connectivity index (χ1n) is 10.1. The largest absolute Gasteiger partial charge is 0.465 e. The molecule has 0 atom stereocenters. The molecule has 1 heterocycles. The third-order valence-electron chi connectivity index (χ3n) is 5.05. The van der Waals surface area contributed by atoms with E-state index in [2.05, 4.69) is 36.2 Å². The van der Waals surface area contributed by atoms with Crippen LogP contribution in [0, 0.1) is 0 Å². The summed E-state index contributed by atoms with van der Waals surface area (Å²) in [5.41, 5.74) is 3.95. The van der Waals surface area contributed by atoms with Crippen LogP contribution in [0.25, 0.3) is 6.08 Å². The average Bonchev–Trinajstić information content (AvgIpc) is 2.78. The lowest BCUT2D eigenvalue weighted by atomic mass is 10.0. The van der Waals surface area contributed by atoms with E-state index in [1.54, 1.807) is 18.2 Å². The number of hydrogen-bond acceptors (Lipinski definition) is 5. The summed E-state index contributed by atoms with van der Waals surface area (Å²) in [4.78, 5) is 26.7. The Morgan fingerprint density at radius 2 is 1.80 bits per heavy atom. The predicted octanol–water partition coefficient (Wildman–Crippen LogP) is 4.09. The minimum absolute atomic E-state index is 0.266. The van der Waals surface area contributed by atoms with Crippen LogP contribution < -0.4 is 10.2 Å². The number of hydrogen-bond donors (Lipinski definition) is 1. The van der Waals surface area contributed by atoms with Gasteiger partial charge in [0.1, 0.15) is 0 Å². The van der Waals surface area contributed by atoms with Gasteiger partial charge < -0.3 is 19.7 Å². The summed E-state index contributed by atoms with van der Waals surface area (Å²) in [5.74, 6) is -0.234. The number of morpholine rings is 1. The van der Waals surface area contributed by atoms with Crippen LogP contribution in [0.15, 0.2) is 48.5 Å². The molecule has 0 spiro atoms. The van der Waals surface area contributed by atoms with Gasteiger partial charge in [0.15, 0.2) is 0 Å². The molecule has 2 aromatic carbocycles. The fourth-order valence-corrected chi connectivity index (χ4v) is 3.32. The molecule has 1 saturated heterocycles. The van der Waals surface area contributed by atoms with Gasteiger partial charge in [-0.25, -0.2) is 4.79 Å². The first kappa shape index (κ1) is 21.6. The van der Waals surface area contributed by atoms with E-state index in [0.29, 0.717) is 43.5 Å². The van der Waals surface area contributed by atoms with Crippen LogP contribution in [-0.2, 0) is 14.3 Å². The molecule has 1 N–H and O–H groups in total. The summed E-state index contributed by atoms with van der Waals surface area (Å²) in [6, 6.07) is 13.4. The van der Waals surface area contributed by atoms with Gasteiger partial charge in [0.05, 0.1) is 31.6 Å². The SMILES string of the molecule is COC(=O)c1cc(NC(=O)C=Cc2ccc(C(C)C)cc2)ccc1N1CCOCC1. The Kier molecular flexibility index (Phi) is 7.25. The maximum Gasteiger partial charge on any atom is 0.340 e. The molecule has 0 saturated carbocycles. The molecule has 6 nitrogen and oxygen atoms in total. The maximum absolute atomic E-state index is 12.4. The van der Waals surface area contributed by atoms with Crippen molar-refractivity contribution in [1.82, 2.24) is 0 Å². The molecular weight excluding hydrogens is 380 g/mol. The summed E-state index contributed by atoms with van der Waals surface area (Å²) in [6.07, 6.45) is 3.25. The van der Waals surface area contributed by atoms with Gasteiger partial charge in [0, 0.05) is 24.9 Å². The van der Waals surface area contributed by atoms with Crippen LogP contribution >= 0.6 is 0 Å². The fraction of sp³-hybridized carbons (Fsp3) is 0.333. The molecule has 0 bridgehead atoms. The molecule has 0 radical (unpaired) electrons. The third-order valence-corrected chi connectivity index (χ3v) is 5.05. The van der Waals surface area contributed by atoms with Gasteiger partial charge in [0.2, 0.25) is 5.91 Å². The van der Waals surface area contributed by atoms with E-state index in [1.165, 1.54) is 18.7 Å². The second-order valence-corrected chi connectivity index (χ2v) is 7.47. The number of carbonyl (C=O) groups excluding carboxylic acids is 2. The molecule has 6 heteroatoms. The minimum Gasteiger partial charge on any atom is -0.465 e. The fourth-order valence-electron chi connectivity index (χ4n) is 3.32. The van der Waals surface area contributed by atoms with Crippen molar-refractivity contribution in [1.29, 1.82) is 0 Å². The van der Waals surface area contributed by atoms with E-state index in [4.69, 9.17) is 9.47 Å². The van der Waals surface area contributed by atoms with E-state index in [9.17, 15) is 9.59 Å². The van der Waals surface area contributed by atoms with E-state index < -0.39 is 5.97 Å². The predicted molar refractivity (Wildman–Crippen MR) is 119 cm³/mol. The lowest BCUT2D eigenvalue weighted by molar-refractivity contribution is -0.111. The van der Waals surface area contributed by atoms with E-state index >= 15 is 0 Å². The normalized spacial score (nSPS) is 14.2. The Bertz CT molecular complexity index is 913. The first-order chi connectivity index (χ1) is 14.5. The number of nitrogens with one attached hydrogen (secondary N) is 1. The number of esters is 1. The number of rotatable bonds is 6. The number of amides is 1. The summed E-state index contributed by atoms with van der Waals surface area (Å²) >= 11 is 0. The summed E-state index contributed by atoms with van der Waals surface area (Å²) in [6.45, 7) is 6.92. The molecule has 0 aliphatic carbocycles. The number of methoxy groups -OCH3 is 1. The van der Waals surface area contributed by atoms with Gasteiger partial charge in [-0.05, 0) is 41.3 Å². The molecular formula is C24H28N2O4. The van der Waals surface area contributed by atoms with Crippen molar-refractivity contribution in [3.63, 3.8) is 0 Å². The molecule has 1 aliphatic rings. The minimum atomic E-state index is -0.437. The van der Waals surface area contributed by atoms with Gasteiger partial charge in [-0.15, -0.1) is 0 Å². The molecule has 0 aromatic heterocycles. The van der Waals surface area contributed by atoms with E-state index in [-0.39, 0.29) is 5.91 Å². The zero-order valence-electron chi connectivity index (χ0n) is 17.7. The smallest absolute Gasteiger partial charge is 0.340 e.